The van der Waals surface area contributed by atoms with Crippen LogP contribution in [0.5, 0.6) is 0 Å². The molecule has 10 heteroatoms. The van der Waals surface area contributed by atoms with Crippen molar-refractivity contribution in [1.82, 2.24) is 25.1 Å². The smallest absolute Gasteiger partial charge is 0.225 e. The number of nitrogens with zero attached hydrogens (tertiary/aromatic N) is 7. The van der Waals surface area contributed by atoms with Gasteiger partial charge in [-0.1, -0.05) is 32.1 Å². The molecule has 0 aromatic carbocycles. The Bertz CT molecular complexity index is 719. The molecule has 0 spiro atoms. The van der Waals surface area contributed by atoms with Crippen molar-refractivity contribution < 1.29 is 0 Å². The molecule has 8 nitrogen and oxygen atoms in total. The fraction of sp³-hybridized carbons (Fsp3) is 0.562. The van der Waals surface area contributed by atoms with Gasteiger partial charge in [-0.2, -0.15) is 0 Å². The first kappa shape index (κ1) is 20.7. The van der Waals surface area contributed by atoms with Gasteiger partial charge >= 0.3 is 0 Å². The minimum Gasteiger partial charge on any atom is -0.370 e. The van der Waals surface area contributed by atoms with E-state index >= 15 is 0 Å². The van der Waals surface area contributed by atoms with E-state index in [9.17, 15) is 0 Å². The van der Waals surface area contributed by atoms with Gasteiger partial charge in [0, 0.05) is 44.0 Å². The Morgan fingerprint density at radius 1 is 1.15 bits per heavy atom. The Morgan fingerprint density at radius 2 is 1.81 bits per heavy atom. The summed E-state index contributed by atoms with van der Waals surface area (Å²) in [5, 5.41) is 10.4. The standard InChI is InChI=1S/C16H24N8S.HI/c1-16(2,3)13-22-21-12(25-13)11-20-14(17)23-7-9-24(10-8-23)15-18-5-4-6-19-15;/h4-6H,7-11H2,1-3H3,(H2,17,20);1H. The fourth-order valence-electron chi connectivity index (χ4n) is 2.46. The maximum Gasteiger partial charge on any atom is 0.225 e. The van der Waals surface area contributed by atoms with E-state index in [1.807, 2.05) is 6.07 Å². The minimum absolute atomic E-state index is 0. The normalized spacial score (nSPS) is 15.7. The van der Waals surface area contributed by atoms with Crippen LogP contribution in [0.25, 0.3) is 0 Å². The lowest BCUT2D eigenvalue weighted by Gasteiger charge is -2.35. The SMILES string of the molecule is CC(C)(C)c1nnc(CN=C(N)N2CCN(c3ncccn3)CC2)s1.I. The summed E-state index contributed by atoms with van der Waals surface area (Å²) in [6.07, 6.45) is 3.52. The first-order valence-electron chi connectivity index (χ1n) is 8.33. The van der Waals surface area contributed by atoms with Gasteiger partial charge in [-0.3, -0.25) is 0 Å². The van der Waals surface area contributed by atoms with E-state index in [4.69, 9.17) is 5.73 Å². The van der Waals surface area contributed by atoms with E-state index in [1.54, 1.807) is 23.7 Å². The number of nitrogens with two attached hydrogens (primary N) is 1. The third-order valence-corrected chi connectivity index (χ3v) is 5.26. The van der Waals surface area contributed by atoms with Crippen molar-refractivity contribution in [3.63, 3.8) is 0 Å². The maximum atomic E-state index is 6.16. The molecule has 3 heterocycles. The highest BCUT2D eigenvalue weighted by molar-refractivity contribution is 14.0. The van der Waals surface area contributed by atoms with Gasteiger partial charge in [0.1, 0.15) is 10.0 Å². The molecule has 0 amide bonds. The number of hydrogen-bond acceptors (Lipinski definition) is 7. The lowest BCUT2D eigenvalue weighted by molar-refractivity contribution is 0.378. The van der Waals surface area contributed by atoms with Crippen LogP contribution in [0.1, 0.15) is 30.8 Å². The van der Waals surface area contributed by atoms with E-state index in [0.29, 0.717) is 12.5 Å². The quantitative estimate of drug-likeness (QED) is 0.401. The molecule has 2 aromatic heterocycles. The molecular formula is C16H25IN8S. The number of aliphatic imine (C=N–C) groups is 1. The molecule has 0 radical (unpaired) electrons. The molecule has 2 N–H and O–H groups in total. The first-order valence-corrected chi connectivity index (χ1v) is 9.15. The second kappa shape index (κ2) is 8.89. The van der Waals surface area contributed by atoms with E-state index in [-0.39, 0.29) is 29.4 Å². The number of halogens is 1. The summed E-state index contributed by atoms with van der Waals surface area (Å²) in [6, 6.07) is 1.82. The summed E-state index contributed by atoms with van der Waals surface area (Å²) >= 11 is 1.60. The third kappa shape index (κ3) is 5.22. The summed E-state index contributed by atoms with van der Waals surface area (Å²) in [5.74, 6) is 1.32. The molecule has 142 valence electrons. The first-order chi connectivity index (χ1) is 11.9. The van der Waals surface area contributed by atoms with Crippen molar-refractivity contribution in [1.29, 1.82) is 0 Å². The van der Waals surface area contributed by atoms with Crippen LogP contribution in [0.3, 0.4) is 0 Å². The van der Waals surface area contributed by atoms with Crippen LogP contribution in [-0.4, -0.2) is 57.2 Å². The Labute approximate surface area is 175 Å². The van der Waals surface area contributed by atoms with Crippen molar-refractivity contribution in [2.75, 3.05) is 31.1 Å². The highest BCUT2D eigenvalue weighted by Crippen LogP contribution is 2.25. The average Bonchev–Trinajstić information content (AvgIpc) is 3.10. The molecule has 1 saturated heterocycles. The number of guanidine groups is 1. The predicted molar refractivity (Wildman–Crippen MR) is 115 cm³/mol. The Balaban J connectivity index is 0.00000243. The summed E-state index contributed by atoms with van der Waals surface area (Å²) < 4.78 is 0. The van der Waals surface area contributed by atoms with Crippen LogP contribution in [0.15, 0.2) is 23.5 Å². The second-order valence-corrected chi connectivity index (χ2v) is 8.01. The number of anilines is 1. The van der Waals surface area contributed by atoms with Gasteiger partial charge in [0.25, 0.3) is 0 Å². The van der Waals surface area contributed by atoms with Gasteiger partial charge in [0.05, 0.1) is 6.54 Å². The summed E-state index contributed by atoms with van der Waals surface area (Å²) in [4.78, 5) is 17.3. The van der Waals surface area contributed by atoms with Crippen LogP contribution >= 0.6 is 35.3 Å². The number of piperazine rings is 1. The molecule has 0 saturated carbocycles. The Hall–Kier alpha value is -1.56. The zero-order valence-electron chi connectivity index (χ0n) is 15.3. The Morgan fingerprint density at radius 3 is 2.38 bits per heavy atom. The second-order valence-electron chi connectivity index (χ2n) is 6.95. The van der Waals surface area contributed by atoms with Crippen molar-refractivity contribution in [3.05, 3.63) is 28.5 Å². The molecule has 3 rings (SSSR count). The maximum absolute atomic E-state index is 6.16. The number of aromatic nitrogens is 4. The van der Waals surface area contributed by atoms with Crippen LogP contribution in [0, 0.1) is 0 Å². The van der Waals surface area contributed by atoms with E-state index < -0.39 is 0 Å². The van der Waals surface area contributed by atoms with Gasteiger partial charge in [-0.05, 0) is 6.07 Å². The molecular weight excluding hydrogens is 463 g/mol. The highest BCUT2D eigenvalue weighted by atomic mass is 127. The highest BCUT2D eigenvalue weighted by Gasteiger charge is 2.21. The van der Waals surface area contributed by atoms with Crippen LogP contribution in [0.2, 0.25) is 0 Å². The average molecular weight is 488 g/mol. The Kier molecular flexibility index (Phi) is 7.09. The van der Waals surface area contributed by atoms with Crippen LogP contribution in [0.4, 0.5) is 5.95 Å². The predicted octanol–water partition coefficient (Wildman–Crippen LogP) is 1.88. The molecule has 2 aromatic rings. The summed E-state index contributed by atoms with van der Waals surface area (Å²) in [6.45, 7) is 10.1. The zero-order chi connectivity index (χ0) is 17.9. The van der Waals surface area contributed by atoms with Crippen LogP contribution < -0.4 is 10.6 Å². The molecule has 26 heavy (non-hydrogen) atoms. The van der Waals surface area contributed by atoms with E-state index in [2.05, 4.69) is 55.7 Å². The van der Waals surface area contributed by atoms with Gasteiger partial charge in [-0.25, -0.2) is 15.0 Å². The molecule has 1 fully saturated rings. The minimum atomic E-state index is 0. The van der Waals surface area contributed by atoms with Crippen molar-refractivity contribution >= 4 is 47.2 Å². The monoisotopic (exact) mass is 488 g/mol. The van der Waals surface area contributed by atoms with Gasteiger partial charge in [-0.15, -0.1) is 34.2 Å². The van der Waals surface area contributed by atoms with Crippen molar-refractivity contribution in [3.8, 4) is 0 Å². The molecule has 0 bridgehead atoms. The van der Waals surface area contributed by atoms with E-state index in [0.717, 1.165) is 42.1 Å². The van der Waals surface area contributed by atoms with E-state index in [1.165, 1.54) is 0 Å². The fourth-order valence-corrected chi connectivity index (χ4v) is 3.28. The van der Waals surface area contributed by atoms with Crippen molar-refractivity contribution in [2.24, 2.45) is 10.7 Å². The molecule has 1 aliphatic heterocycles. The molecule has 0 unspecified atom stereocenters. The zero-order valence-corrected chi connectivity index (χ0v) is 18.4. The van der Waals surface area contributed by atoms with Gasteiger partial charge < -0.3 is 15.5 Å². The molecule has 1 aliphatic rings. The molecule has 0 atom stereocenters. The number of rotatable bonds is 3. The third-order valence-electron chi connectivity index (χ3n) is 3.92. The van der Waals surface area contributed by atoms with Crippen LogP contribution in [-0.2, 0) is 12.0 Å². The van der Waals surface area contributed by atoms with Crippen molar-refractivity contribution in [2.45, 2.75) is 32.7 Å². The lowest BCUT2D eigenvalue weighted by atomic mass is 9.98. The largest absolute Gasteiger partial charge is 0.370 e. The van der Waals surface area contributed by atoms with Gasteiger partial charge in [0.2, 0.25) is 5.95 Å². The number of hydrogen-bond donors (Lipinski definition) is 1. The lowest BCUT2D eigenvalue weighted by Crippen LogP contribution is -2.51. The topological polar surface area (TPSA) is 96.4 Å². The summed E-state index contributed by atoms with van der Waals surface area (Å²) in [7, 11) is 0. The van der Waals surface area contributed by atoms with Gasteiger partial charge in [0.15, 0.2) is 5.96 Å². The molecule has 0 aliphatic carbocycles. The summed E-state index contributed by atoms with van der Waals surface area (Å²) in [5.41, 5.74) is 6.17.